The summed E-state index contributed by atoms with van der Waals surface area (Å²) in [5, 5.41) is 21.0. The fourth-order valence-corrected chi connectivity index (χ4v) is 3.21. The number of thioether (sulfide) groups is 1. The van der Waals surface area contributed by atoms with Crippen LogP contribution in [0.15, 0.2) is 59.8 Å². The van der Waals surface area contributed by atoms with Gasteiger partial charge in [0.2, 0.25) is 5.16 Å². The minimum Gasteiger partial charge on any atom is -0.508 e. The van der Waals surface area contributed by atoms with E-state index in [0.29, 0.717) is 17.5 Å². The number of phenolic OH excluding ortho intramolecular Hbond substituents is 1. The number of hydrogen-bond acceptors (Lipinski definition) is 7. The molecule has 7 nitrogen and oxygen atoms in total. The highest BCUT2D eigenvalue weighted by molar-refractivity contribution is 8.00. The SMILES string of the molecule is CCOC(=O)[C@H](Sc1nnnn1-c1ccc(O)cc1)c1ccccc1. The second kappa shape index (κ2) is 7.80. The Balaban J connectivity index is 1.92. The average Bonchev–Trinajstić information content (AvgIpc) is 3.09. The van der Waals surface area contributed by atoms with Gasteiger partial charge in [0.05, 0.1) is 12.3 Å². The van der Waals surface area contributed by atoms with Crippen molar-refractivity contribution < 1.29 is 14.6 Å². The zero-order chi connectivity index (χ0) is 17.6. The fourth-order valence-electron chi connectivity index (χ4n) is 2.21. The number of tetrazole rings is 1. The Morgan fingerprint density at radius 3 is 2.60 bits per heavy atom. The molecule has 0 saturated heterocycles. The van der Waals surface area contributed by atoms with Crippen molar-refractivity contribution in [3.8, 4) is 11.4 Å². The van der Waals surface area contributed by atoms with E-state index >= 15 is 0 Å². The van der Waals surface area contributed by atoms with Crippen molar-refractivity contribution in [1.82, 2.24) is 20.2 Å². The Morgan fingerprint density at radius 2 is 1.92 bits per heavy atom. The van der Waals surface area contributed by atoms with E-state index in [4.69, 9.17) is 4.74 Å². The first-order valence-corrected chi connectivity index (χ1v) is 8.53. The van der Waals surface area contributed by atoms with E-state index in [1.54, 1.807) is 31.2 Å². The molecule has 25 heavy (non-hydrogen) atoms. The standard InChI is InChI=1S/C17H16N4O3S/c1-2-24-16(23)15(12-6-4-3-5-7-12)25-17-18-19-20-21(17)13-8-10-14(22)11-9-13/h3-11,15,22H,2H2,1H3/t15-/m1/s1. The van der Waals surface area contributed by atoms with Gasteiger partial charge in [-0.2, -0.15) is 4.68 Å². The quantitative estimate of drug-likeness (QED) is 0.536. The predicted octanol–water partition coefficient (Wildman–Crippen LogP) is 2.76. The van der Waals surface area contributed by atoms with Gasteiger partial charge >= 0.3 is 5.97 Å². The number of carbonyl (C=O) groups is 1. The summed E-state index contributed by atoms with van der Waals surface area (Å²) in [7, 11) is 0. The molecule has 0 radical (unpaired) electrons. The number of rotatable bonds is 6. The van der Waals surface area contributed by atoms with Crippen molar-refractivity contribution in [2.75, 3.05) is 6.61 Å². The van der Waals surface area contributed by atoms with Crippen LogP contribution >= 0.6 is 11.8 Å². The smallest absolute Gasteiger partial charge is 0.324 e. The van der Waals surface area contributed by atoms with Crippen molar-refractivity contribution in [3.63, 3.8) is 0 Å². The van der Waals surface area contributed by atoms with Crippen LogP contribution in [0.25, 0.3) is 5.69 Å². The maximum Gasteiger partial charge on any atom is 0.324 e. The third-order valence-electron chi connectivity index (χ3n) is 3.36. The van der Waals surface area contributed by atoms with E-state index in [1.165, 1.54) is 16.4 Å². The molecule has 0 aliphatic rings. The molecule has 3 aromatic rings. The van der Waals surface area contributed by atoms with Gasteiger partial charge in [0.25, 0.3) is 0 Å². The lowest BCUT2D eigenvalue weighted by atomic mass is 10.1. The minimum absolute atomic E-state index is 0.153. The third kappa shape index (κ3) is 3.97. The third-order valence-corrected chi connectivity index (χ3v) is 4.53. The zero-order valence-electron chi connectivity index (χ0n) is 13.4. The molecular formula is C17H16N4O3S. The van der Waals surface area contributed by atoms with Crippen LogP contribution in [0.4, 0.5) is 0 Å². The van der Waals surface area contributed by atoms with Crippen molar-refractivity contribution in [3.05, 3.63) is 60.2 Å². The van der Waals surface area contributed by atoms with Gasteiger partial charge in [0.1, 0.15) is 11.0 Å². The molecular weight excluding hydrogens is 340 g/mol. The van der Waals surface area contributed by atoms with E-state index in [0.717, 1.165) is 5.56 Å². The summed E-state index contributed by atoms with van der Waals surface area (Å²) >= 11 is 1.21. The van der Waals surface area contributed by atoms with Gasteiger partial charge in [-0.15, -0.1) is 5.10 Å². The summed E-state index contributed by atoms with van der Waals surface area (Å²) in [6, 6.07) is 15.8. The number of nitrogens with zero attached hydrogens (tertiary/aromatic N) is 4. The zero-order valence-corrected chi connectivity index (χ0v) is 14.3. The van der Waals surface area contributed by atoms with Gasteiger partial charge in [0.15, 0.2) is 0 Å². The second-order valence-electron chi connectivity index (χ2n) is 5.05. The molecule has 0 saturated carbocycles. The predicted molar refractivity (Wildman–Crippen MR) is 92.5 cm³/mol. The lowest BCUT2D eigenvalue weighted by molar-refractivity contribution is -0.142. The highest BCUT2D eigenvalue weighted by atomic mass is 32.2. The van der Waals surface area contributed by atoms with Gasteiger partial charge in [-0.25, -0.2) is 0 Å². The first-order chi connectivity index (χ1) is 12.2. The number of benzene rings is 2. The summed E-state index contributed by atoms with van der Waals surface area (Å²) in [6.07, 6.45) is 0. The molecule has 0 fully saturated rings. The molecule has 0 aliphatic heterocycles. The number of esters is 1. The molecule has 0 bridgehead atoms. The van der Waals surface area contributed by atoms with Crippen LogP contribution in [0.5, 0.6) is 5.75 Å². The lowest BCUT2D eigenvalue weighted by Crippen LogP contribution is -2.14. The van der Waals surface area contributed by atoms with Gasteiger partial charge in [-0.1, -0.05) is 42.1 Å². The van der Waals surface area contributed by atoms with Gasteiger partial charge in [0, 0.05) is 0 Å². The van der Waals surface area contributed by atoms with Crippen LogP contribution in [0.1, 0.15) is 17.7 Å². The highest BCUT2D eigenvalue weighted by Crippen LogP contribution is 2.35. The van der Waals surface area contributed by atoms with E-state index in [2.05, 4.69) is 15.5 Å². The number of aromatic hydroxyl groups is 1. The normalized spacial score (nSPS) is 11.9. The Bertz CT molecular complexity index is 837. The van der Waals surface area contributed by atoms with E-state index in [1.807, 2.05) is 30.3 Å². The second-order valence-corrected chi connectivity index (χ2v) is 6.12. The van der Waals surface area contributed by atoms with Crippen LogP contribution in [0, 0.1) is 0 Å². The number of aromatic nitrogens is 4. The first-order valence-electron chi connectivity index (χ1n) is 7.65. The number of hydrogen-bond donors (Lipinski definition) is 1. The number of ether oxygens (including phenoxy) is 1. The molecule has 3 rings (SSSR count). The summed E-state index contributed by atoms with van der Waals surface area (Å²) in [6.45, 7) is 2.07. The van der Waals surface area contributed by atoms with Crippen LogP contribution in [-0.4, -0.2) is 37.9 Å². The molecule has 0 aliphatic carbocycles. The number of carbonyl (C=O) groups excluding carboxylic acids is 1. The van der Waals surface area contributed by atoms with Crippen molar-refractivity contribution in [2.45, 2.75) is 17.3 Å². The molecule has 128 valence electrons. The van der Waals surface area contributed by atoms with E-state index < -0.39 is 5.25 Å². The summed E-state index contributed by atoms with van der Waals surface area (Å²) in [5.41, 5.74) is 1.49. The fraction of sp³-hybridized carbons (Fsp3) is 0.176. The first kappa shape index (κ1) is 17.0. The Hall–Kier alpha value is -2.87. The van der Waals surface area contributed by atoms with Crippen molar-refractivity contribution in [2.24, 2.45) is 0 Å². The van der Waals surface area contributed by atoms with Gasteiger partial charge in [-0.05, 0) is 47.2 Å². The Labute approximate surface area is 148 Å². The molecule has 1 N–H and O–H groups in total. The van der Waals surface area contributed by atoms with Gasteiger partial charge < -0.3 is 9.84 Å². The molecule has 1 aromatic heterocycles. The van der Waals surface area contributed by atoms with Crippen molar-refractivity contribution in [1.29, 1.82) is 0 Å². The maximum absolute atomic E-state index is 12.4. The molecule has 0 spiro atoms. The molecule has 1 atom stereocenters. The van der Waals surface area contributed by atoms with Crippen LogP contribution in [0.3, 0.4) is 0 Å². The monoisotopic (exact) mass is 356 g/mol. The molecule has 8 heteroatoms. The van der Waals surface area contributed by atoms with Crippen molar-refractivity contribution >= 4 is 17.7 Å². The van der Waals surface area contributed by atoms with Crippen LogP contribution in [-0.2, 0) is 9.53 Å². The average molecular weight is 356 g/mol. The Morgan fingerprint density at radius 1 is 1.20 bits per heavy atom. The minimum atomic E-state index is -0.581. The highest BCUT2D eigenvalue weighted by Gasteiger charge is 2.26. The Kier molecular flexibility index (Phi) is 5.30. The topological polar surface area (TPSA) is 90.1 Å². The van der Waals surface area contributed by atoms with E-state index in [-0.39, 0.29) is 11.7 Å². The molecule has 0 amide bonds. The van der Waals surface area contributed by atoms with Crippen LogP contribution < -0.4 is 0 Å². The summed E-state index contributed by atoms with van der Waals surface area (Å²) < 4.78 is 6.71. The maximum atomic E-state index is 12.4. The van der Waals surface area contributed by atoms with Crippen LogP contribution in [0.2, 0.25) is 0 Å². The summed E-state index contributed by atoms with van der Waals surface area (Å²) in [5.74, 6) is -0.196. The number of phenols is 1. The largest absolute Gasteiger partial charge is 0.508 e. The van der Waals surface area contributed by atoms with E-state index in [9.17, 15) is 9.90 Å². The lowest BCUT2D eigenvalue weighted by Gasteiger charge is -2.15. The summed E-state index contributed by atoms with van der Waals surface area (Å²) in [4.78, 5) is 12.4. The van der Waals surface area contributed by atoms with Gasteiger partial charge in [-0.3, -0.25) is 4.79 Å². The molecule has 2 aromatic carbocycles. The molecule has 1 heterocycles. The molecule has 0 unspecified atom stereocenters.